The molecule has 2 atom stereocenters. The number of aliphatic carboxylic acids is 1. The summed E-state index contributed by atoms with van der Waals surface area (Å²) in [6.07, 6.45) is 3.10. The van der Waals surface area contributed by atoms with Crippen molar-refractivity contribution in [1.82, 2.24) is 19.6 Å². The average Bonchev–Trinajstić information content (AvgIpc) is 3.98. The van der Waals surface area contributed by atoms with E-state index in [0.29, 0.717) is 64.7 Å². The number of benzene rings is 4. The number of carboxylic acids is 2. The van der Waals surface area contributed by atoms with Crippen molar-refractivity contribution in [3.05, 3.63) is 99.4 Å². The van der Waals surface area contributed by atoms with E-state index in [1.165, 1.54) is 0 Å². The van der Waals surface area contributed by atoms with Crippen LogP contribution < -0.4 is 25.2 Å². The van der Waals surface area contributed by atoms with E-state index in [2.05, 4.69) is 26.6 Å². The molecule has 2 aromatic heterocycles. The third-order valence-electron chi connectivity index (χ3n) is 13.7. The molecule has 0 saturated carbocycles. The Morgan fingerprint density at radius 2 is 1.74 bits per heavy atom. The Kier molecular flexibility index (Phi) is 11.9. The number of nitrogens with zero attached hydrogens (tertiary/aromatic N) is 4. The third-order valence-corrected chi connectivity index (χ3v) is 17.4. The molecule has 0 bridgehead atoms. The predicted molar refractivity (Wildman–Crippen MR) is 262 cm³/mol. The van der Waals surface area contributed by atoms with Crippen LogP contribution in [0.25, 0.3) is 32.2 Å². The molecule has 4 aliphatic rings. The van der Waals surface area contributed by atoms with Gasteiger partial charge < -0.3 is 30.2 Å². The van der Waals surface area contributed by atoms with Gasteiger partial charge in [-0.05, 0) is 104 Å². The standard InChI is InChI=1S/C49H48ClN7O10S2/c1-49(2)23-30(51-29-8-3-6-27(22-29)43-40(50)42(67-24-38(59)60)44(68-43)47(63)64)18-21-56(49)69(65,66)25-28-7-4-11-34-41(28)54-48(52-34)55-19-16-26(17-20-55)31-12-13-35-39-32(31)9-5-10-33(39)46(62)57(35)36-14-15-37(58)53-45(36)61/h3-13,22,26,30,36,51H,14-21,23-25H2,1-2H3,(H,52,54)(H,59,60)(H,63,64)(H,53,58,61). The zero-order valence-electron chi connectivity index (χ0n) is 37.6. The minimum atomic E-state index is -3.82. The van der Waals surface area contributed by atoms with Crippen LogP contribution in [0.1, 0.15) is 89.4 Å². The number of amides is 3. The molecule has 20 heteroatoms. The largest absolute Gasteiger partial charge is 0.479 e. The summed E-state index contributed by atoms with van der Waals surface area (Å²) in [5.41, 5.74) is 4.92. The van der Waals surface area contributed by atoms with E-state index in [-0.39, 0.29) is 64.6 Å². The fourth-order valence-electron chi connectivity index (χ4n) is 10.6. The van der Waals surface area contributed by atoms with E-state index in [0.717, 1.165) is 51.7 Å². The molecule has 0 spiro atoms. The van der Waals surface area contributed by atoms with E-state index in [1.54, 1.807) is 27.4 Å². The number of carboxylic acid groups (broad SMARTS) is 2. The van der Waals surface area contributed by atoms with Crippen LogP contribution in [-0.2, 0) is 30.2 Å². The number of aromatic nitrogens is 2. The monoisotopic (exact) mass is 993 g/mol. The number of imidazole rings is 1. The summed E-state index contributed by atoms with van der Waals surface area (Å²) in [6, 6.07) is 21.7. The van der Waals surface area contributed by atoms with Gasteiger partial charge >= 0.3 is 11.9 Å². The summed E-state index contributed by atoms with van der Waals surface area (Å²) in [4.78, 5) is 73.9. The molecule has 0 aliphatic carbocycles. The van der Waals surface area contributed by atoms with Crippen molar-refractivity contribution in [2.45, 2.75) is 81.7 Å². The van der Waals surface area contributed by atoms with Gasteiger partial charge in [0.15, 0.2) is 17.2 Å². The zero-order chi connectivity index (χ0) is 48.5. The number of nitrogens with one attached hydrogen (secondary N) is 3. The number of thiophene rings is 1. The van der Waals surface area contributed by atoms with Gasteiger partial charge in [-0.15, -0.1) is 11.3 Å². The maximum Gasteiger partial charge on any atom is 0.349 e. The molecular weight excluding hydrogens is 946 g/mol. The van der Waals surface area contributed by atoms with Gasteiger partial charge in [-0.25, -0.2) is 23.0 Å². The van der Waals surface area contributed by atoms with Crippen LogP contribution in [0.5, 0.6) is 5.75 Å². The quantitative estimate of drug-likeness (QED) is 0.0703. The number of hydrogen-bond donors (Lipinski definition) is 5. The highest BCUT2D eigenvalue weighted by molar-refractivity contribution is 7.88. The number of H-pyrrole nitrogens is 1. The fraction of sp³-hybridized carbons (Fsp3) is 0.347. The number of carbonyl (C=O) groups excluding carboxylic acids is 3. The Bertz CT molecular complexity index is 3240. The topological polar surface area (TPSA) is 232 Å². The van der Waals surface area contributed by atoms with Crippen molar-refractivity contribution < 1.29 is 47.3 Å². The van der Waals surface area contributed by atoms with E-state index < -0.39 is 46.1 Å². The van der Waals surface area contributed by atoms with Crippen molar-refractivity contribution >= 4 is 102 Å². The number of para-hydroxylation sites is 1. The predicted octanol–water partition coefficient (Wildman–Crippen LogP) is 7.59. The smallest absolute Gasteiger partial charge is 0.349 e. The molecular formula is C49H48ClN7O10S2. The molecule has 3 saturated heterocycles. The van der Waals surface area contributed by atoms with Gasteiger partial charge in [-0.2, -0.15) is 4.31 Å². The Hall–Kier alpha value is -6.54. The molecule has 0 radical (unpaired) electrons. The number of rotatable bonds is 13. The summed E-state index contributed by atoms with van der Waals surface area (Å²) < 4.78 is 35.5. The number of halogens is 1. The second kappa shape index (κ2) is 17.8. The van der Waals surface area contributed by atoms with Gasteiger partial charge in [0.05, 0.1) is 27.4 Å². The fourth-order valence-corrected chi connectivity index (χ4v) is 14.0. The second-order valence-electron chi connectivity index (χ2n) is 18.6. The number of fused-ring (bicyclic) bond motifs is 1. The van der Waals surface area contributed by atoms with Gasteiger partial charge in [0.2, 0.25) is 27.8 Å². The van der Waals surface area contributed by atoms with Crippen LogP contribution in [0, 0.1) is 0 Å². The maximum absolute atomic E-state index is 14.3. The van der Waals surface area contributed by atoms with Gasteiger partial charge in [-0.1, -0.05) is 54.1 Å². The van der Waals surface area contributed by atoms with E-state index in [4.69, 9.17) is 26.4 Å². The van der Waals surface area contributed by atoms with Gasteiger partial charge in [0.1, 0.15) is 11.1 Å². The molecule has 3 fully saturated rings. The molecule has 5 N–H and O–H groups in total. The van der Waals surface area contributed by atoms with E-state index in [9.17, 15) is 37.5 Å². The number of aromatic carboxylic acids is 1. The Labute approximate surface area is 405 Å². The van der Waals surface area contributed by atoms with Crippen molar-refractivity contribution in [1.29, 1.82) is 0 Å². The summed E-state index contributed by atoms with van der Waals surface area (Å²) in [5.74, 6) is -3.13. The highest BCUT2D eigenvalue weighted by atomic mass is 35.5. The van der Waals surface area contributed by atoms with Gasteiger partial charge in [0.25, 0.3) is 5.91 Å². The van der Waals surface area contributed by atoms with Crippen molar-refractivity contribution in [3.63, 3.8) is 0 Å². The molecule has 69 heavy (non-hydrogen) atoms. The molecule has 2 unspecified atom stereocenters. The highest BCUT2D eigenvalue weighted by Gasteiger charge is 2.43. The van der Waals surface area contributed by atoms with Crippen LogP contribution in [0.4, 0.5) is 17.3 Å². The number of imide groups is 1. The normalized spacial score (nSPS) is 19.9. The Morgan fingerprint density at radius 1 is 0.971 bits per heavy atom. The first kappa shape index (κ1) is 46.2. The zero-order valence-corrected chi connectivity index (χ0v) is 40.0. The number of ether oxygens (including phenoxy) is 1. The highest BCUT2D eigenvalue weighted by Crippen LogP contribution is 2.47. The van der Waals surface area contributed by atoms with Crippen LogP contribution in [-0.4, -0.2) is 106 Å². The van der Waals surface area contributed by atoms with Crippen molar-refractivity contribution in [3.8, 4) is 16.2 Å². The average molecular weight is 995 g/mol. The summed E-state index contributed by atoms with van der Waals surface area (Å²) >= 11 is 7.44. The van der Waals surface area contributed by atoms with Gasteiger partial charge in [0, 0.05) is 54.3 Å². The van der Waals surface area contributed by atoms with E-state index in [1.807, 2.05) is 62.4 Å². The number of hydrogen-bond acceptors (Lipinski definition) is 12. The van der Waals surface area contributed by atoms with Crippen LogP contribution in [0.3, 0.4) is 0 Å². The first-order chi connectivity index (χ1) is 33.0. The van der Waals surface area contributed by atoms with Crippen LogP contribution >= 0.6 is 22.9 Å². The number of piperidine rings is 3. The van der Waals surface area contributed by atoms with Gasteiger partial charge in [-0.3, -0.25) is 24.6 Å². The lowest BCUT2D eigenvalue weighted by molar-refractivity contribution is -0.139. The summed E-state index contributed by atoms with van der Waals surface area (Å²) in [5, 5.41) is 26.6. The SMILES string of the molecule is CC1(C)CC(Nc2cccc(-c3sc(C(=O)O)c(OCC(=O)O)c3Cl)c2)CCN1S(=O)(=O)Cc1cccc2[nH]c(N3CCC(c4ccc5c6c(cccc46)C(=O)N5C4CCC(=O)NC4=O)CC3)nc12. The number of sulfonamides is 1. The molecule has 6 aromatic rings. The molecule has 4 aromatic carbocycles. The lowest BCUT2D eigenvalue weighted by atomic mass is 9.85. The van der Waals surface area contributed by atoms with Crippen LogP contribution in [0.2, 0.25) is 5.02 Å². The molecule has 10 rings (SSSR count). The molecule has 6 heterocycles. The summed E-state index contributed by atoms with van der Waals surface area (Å²) in [7, 11) is -3.82. The van der Waals surface area contributed by atoms with Crippen LogP contribution in [0.15, 0.2) is 72.8 Å². The van der Waals surface area contributed by atoms with E-state index >= 15 is 0 Å². The lowest BCUT2D eigenvalue weighted by Gasteiger charge is -2.45. The molecule has 3 amide bonds. The number of carbonyl (C=O) groups is 5. The second-order valence-corrected chi connectivity index (χ2v) is 21.9. The minimum absolute atomic E-state index is 0.00728. The molecule has 4 aliphatic heterocycles. The maximum atomic E-state index is 14.3. The first-order valence-corrected chi connectivity index (χ1v) is 25.5. The third kappa shape index (κ3) is 8.55. The minimum Gasteiger partial charge on any atom is -0.479 e. The molecule has 17 nitrogen and oxygen atoms in total. The molecule has 358 valence electrons. The number of anilines is 3. The lowest BCUT2D eigenvalue weighted by Crippen LogP contribution is -2.55. The number of aromatic amines is 1. The first-order valence-electron chi connectivity index (χ1n) is 22.7. The summed E-state index contributed by atoms with van der Waals surface area (Å²) in [6.45, 7) is 4.76. The Balaban J connectivity index is 0.799. The van der Waals surface area contributed by atoms with Crippen molar-refractivity contribution in [2.75, 3.05) is 41.4 Å². The Morgan fingerprint density at radius 3 is 2.48 bits per heavy atom. The van der Waals surface area contributed by atoms with Crippen molar-refractivity contribution in [2.24, 2.45) is 0 Å².